The first-order valence-electron chi connectivity index (χ1n) is 6.05. The molecule has 2 heterocycles. The lowest BCUT2D eigenvalue weighted by Gasteiger charge is -2.01. The molecule has 0 spiro atoms. The first kappa shape index (κ1) is 11.7. The zero-order chi connectivity index (χ0) is 13.5. The maximum Gasteiger partial charge on any atom is 0.193 e. The second-order valence-corrected chi connectivity index (χ2v) is 6.15. The largest absolute Gasteiger partial charge is 0.289 e. The van der Waals surface area contributed by atoms with E-state index in [1.54, 1.807) is 12.4 Å². The summed E-state index contributed by atoms with van der Waals surface area (Å²) in [5.41, 5.74) is 1.39. The molecule has 0 bridgehead atoms. The Labute approximate surface area is 122 Å². The highest BCUT2D eigenvalue weighted by Crippen LogP contribution is 2.23. The smallest absolute Gasteiger partial charge is 0.193 e. The van der Waals surface area contributed by atoms with E-state index >= 15 is 0 Å². The van der Waals surface area contributed by atoms with Crippen molar-refractivity contribution in [1.82, 2.24) is 8.75 Å². The molecule has 4 rings (SSSR count). The molecule has 20 heavy (non-hydrogen) atoms. The fourth-order valence-corrected chi connectivity index (χ4v) is 3.45. The quantitative estimate of drug-likeness (QED) is 0.522. The third-order valence-corrected chi connectivity index (χ3v) is 4.79. The van der Waals surface area contributed by atoms with Crippen LogP contribution >= 0.6 is 23.1 Å². The third kappa shape index (κ3) is 1.83. The summed E-state index contributed by atoms with van der Waals surface area (Å²) in [6, 6.07) is 11.4. The van der Waals surface area contributed by atoms with Crippen LogP contribution in [-0.2, 0) is 0 Å². The van der Waals surface area contributed by atoms with Crippen molar-refractivity contribution in [3.8, 4) is 0 Å². The number of hydrogen-bond donors (Lipinski definition) is 0. The van der Waals surface area contributed by atoms with Gasteiger partial charge >= 0.3 is 0 Å². The Bertz CT molecular complexity index is 863. The van der Waals surface area contributed by atoms with Gasteiger partial charge in [0.1, 0.15) is 0 Å². The topological polar surface area (TPSA) is 42.9 Å². The number of ketones is 1. The monoisotopic (exact) mass is 296 g/mol. The molecule has 0 aliphatic heterocycles. The van der Waals surface area contributed by atoms with Crippen LogP contribution in [-0.4, -0.2) is 14.5 Å². The third-order valence-electron chi connectivity index (χ3n) is 3.23. The molecule has 0 atom stereocenters. The lowest BCUT2D eigenvalue weighted by atomic mass is 10.0. The van der Waals surface area contributed by atoms with Crippen LogP contribution in [0.25, 0.3) is 20.2 Å². The molecule has 0 amide bonds. The van der Waals surface area contributed by atoms with Crippen molar-refractivity contribution in [3.05, 3.63) is 59.9 Å². The lowest BCUT2D eigenvalue weighted by molar-refractivity contribution is 0.103. The fourth-order valence-electron chi connectivity index (χ4n) is 2.19. The van der Waals surface area contributed by atoms with Crippen molar-refractivity contribution in [2.45, 2.75) is 0 Å². The van der Waals surface area contributed by atoms with Gasteiger partial charge in [-0.05, 0) is 59.5 Å². The number of carbonyl (C=O) groups excluding carboxylic acids is 1. The van der Waals surface area contributed by atoms with Crippen molar-refractivity contribution < 1.29 is 4.79 Å². The number of aromatic nitrogens is 2. The molecule has 0 N–H and O–H groups in total. The van der Waals surface area contributed by atoms with E-state index in [0.29, 0.717) is 11.1 Å². The van der Waals surface area contributed by atoms with Gasteiger partial charge in [-0.25, -0.2) is 0 Å². The second-order valence-electron chi connectivity index (χ2n) is 4.49. The molecular weight excluding hydrogens is 288 g/mol. The van der Waals surface area contributed by atoms with Crippen molar-refractivity contribution in [1.29, 1.82) is 0 Å². The summed E-state index contributed by atoms with van der Waals surface area (Å²) < 4.78 is 10.5. The summed E-state index contributed by atoms with van der Waals surface area (Å²) in [6.45, 7) is 0. The Kier molecular flexibility index (Phi) is 2.61. The molecular formula is C15H8N2OS2. The van der Waals surface area contributed by atoms with Crippen LogP contribution in [0.4, 0.5) is 0 Å². The Hall–Kier alpha value is -2.11. The number of rotatable bonds is 2. The summed E-state index contributed by atoms with van der Waals surface area (Å²) in [4.78, 5) is 12.5. The van der Waals surface area contributed by atoms with Gasteiger partial charge in [-0.15, -0.1) is 0 Å². The number of benzene rings is 2. The SMILES string of the molecule is O=C(c1ccc2sncc2c1)c1ccc2sncc2c1. The van der Waals surface area contributed by atoms with E-state index in [0.717, 1.165) is 20.2 Å². The molecule has 2 aromatic carbocycles. The predicted molar refractivity (Wildman–Crippen MR) is 82.7 cm³/mol. The molecule has 0 aliphatic rings. The summed E-state index contributed by atoms with van der Waals surface area (Å²) in [6.07, 6.45) is 3.59. The zero-order valence-corrected chi connectivity index (χ0v) is 11.9. The summed E-state index contributed by atoms with van der Waals surface area (Å²) >= 11 is 2.88. The lowest BCUT2D eigenvalue weighted by Crippen LogP contribution is -2.00. The van der Waals surface area contributed by atoms with Crippen molar-refractivity contribution in [2.75, 3.05) is 0 Å². The van der Waals surface area contributed by atoms with Crippen LogP contribution in [0.1, 0.15) is 15.9 Å². The average molecular weight is 296 g/mol. The molecule has 0 aliphatic carbocycles. The number of carbonyl (C=O) groups is 1. The number of hydrogen-bond acceptors (Lipinski definition) is 5. The Balaban J connectivity index is 1.81. The maximum atomic E-state index is 12.5. The Morgan fingerprint density at radius 3 is 1.80 bits per heavy atom. The molecule has 96 valence electrons. The summed E-state index contributed by atoms with van der Waals surface area (Å²) in [5, 5.41) is 2.03. The van der Waals surface area contributed by atoms with E-state index in [4.69, 9.17) is 0 Å². The van der Waals surface area contributed by atoms with Crippen molar-refractivity contribution >= 4 is 49.0 Å². The highest BCUT2D eigenvalue weighted by atomic mass is 32.1. The van der Waals surface area contributed by atoms with E-state index in [-0.39, 0.29) is 5.78 Å². The molecule has 0 saturated carbocycles. The van der Waals surface area contributed by atoms with Gasteiger partial charge in [0.2, 0.25) is 0 Å². The van der Waals surface area contributed by atoms with Gasteiger partial charge < -0.3 is 0 Å². The van der Waals surface area contributed by atoms with Gasteiger partial charge in [0.25, 0.3) is 0 Å². The minimum absolute atomic E-state index is 0.0335. The van der Waals surface area contributed by atoms with Crippen LogP contribution in [0, 0.1) is 0 Å². The minimum Gasteiger partial charge on any atom is -0.289 e. The van der Waals surface area contributed by atoms with Crippen LogP contribution in [0.2, 0.25) is 0 Å². The average Bonchev–Trinajstić information content (AvgIpc) is 3.13. The van der Waals surface area contributed by atoms with Crippen LogP contribution in [0.15, 0.2) is 48.8 Å². The standard InChI is InChI=1S/C15H8N2OS2/c18-15(9-1-3-13-11(5-9)7-16-19-13)10-2-4-14-12(6-10)8-17-20-14/h1-8H. The van der Waals surface area contributed by atoms with Crippen molar-refractivity contribution in [2.24, 2.45) is 0 Å². The van der Waals surface area contributed by atoms with Crippen LogP contribution < -0.4 is 0 Å². The van der Waals surface area contributed by atoms with E-state index in [9.17, 15) is 4.79 Å². The second kappa shape index (κ2) is 4.47. The number of nitrogens with zero attached hydrogens (tertiary/aromatic N) is 2. The highest BCUT2D eigenvalue weighted by Gasteiger charge is 2.11. The van der Waals surface area contributed by atoms with Gasteiger partial charge in [0.05, 0.1) is 9.40 Å². The summed E-state index contributed by atoms with van der Waals surface area (Å²) in [7, 11) is 0. The van der Waals surface area contributed by atoms with Gasteiger partial charge in [0.15, 0.2) is 5.78 Å². The van der Waals surface area contributed by atoms with Crippen LogP contribution in [0.5, 0.6) is 0 Å². The Morgan fingerprint density at radius 1 is 0.800 bits per heavy atom. The molecule has 2 aromatic heterocycles. The van der Waals surface area contributed by atoms with Crippen molar-refractivity contribution in [3.63, 3.8) is 0 Å². The molecule has 3 nitrogen and oxygen atoms in total. The fraction of sp³-hybridized carbons (Fsp3) is 0. The minimum atomic E-state index is 0.0335. The molecule has 0 unspecified atom stereocenters. The zero-order valence-electron chi connectivity index (χ0n) is 10.2. The summed E-state index contributed by atoms with van der Waals surface area (Å²) in [5.74, 6) is 0.0335. The van der Waals surface area contributed by atoms with Crippen LogP contribution in [0.3, 0.4) is 0 Å². The van der Waals surface area contributed by atoms with E-state index in [1.165, 1.54) is 23.1 Å². The predicted octanol–water partition coefficient (Wildman–Crippen LogP) is 4.14. The van der Waals surface area contributed by atoms with Gasteiger partial charge in [-0.2, -0.15) is 8.75 Å². The molecule has 0 fully saturated rings. The first-order valence-corrected chi connectivity index (χ1v) is 7.59. The molecule has 4 aromatic rings. The van der Waals surface area contributed by atoms with Gasteiger partial charge in [-0.1, -0.05) is 0 Å². The Morgan fingerprint density at radius 2 is 1.30 bits per heavy atom. The van der Waals surface area contributed by atoms with E-state index < -0.39 is 0 Å². The number of fused-ring (bicyclic) bond motifs is 2. The maximum absolute atomic E-state index is 12.5. The molecule has 5 heteroatoms. The normalized spacial score (nSPS) is 11.2. The molecule has 0 radical (unpaired) electrons. The van der Waals surface area contributed by atoms with E-state index in [1.807, 2.05) is 36.4 Å². The highest BCUT2D eigenvalue weighted by molar-refractivity contribution is 7.13. The van der Waals surface area contributed by atoms with Gasteiger partial charge in [0, 0.05) is 34.3 Å². The van der Waals surface area contributed by atoms with Gasteiger partial charge in [-0.3, -0.25) is 4.79 Å². The van der Waals surface area contributed by atoms with E-state index in [2.05, 4.69) is 8.75 Å². The molecule has 0 saturated heterocycles. The first-order chi connectivity index (χ1) is 9.81.